The average molecular weight is 396 g/mol. The molecule has 0 aliphatic rings. The Morgan fingerprint density at radius 3 is 1.85 bits per heavy atom. The van der Waals surface area contributed by atoms with E-state index < -0.39 is 6.04 Å². The van der Waals surface area contributed by atoms with E-state index in [1.807, 2.05) is 20.8 Å². The van der Waals surface area contributed by atoms with Gasteiger partial charge in [-0.05, 0) is 53.9 Å². The maximum absolute atomic E-state index is 12.1. The molecule has 0 saturated carbocycles. The van der Waals surface area contributed by atoms with Crippen LogP contribution in [-0.2, 0) is 4.79 Å². The molecule has 1 atom stereocenters. The number of carbonyl (C=O) groups excluding carboxylic acids is 2. The van der Waals surface area contributed by atoms with Gasteiger partial charge < -0.3 is 16.4 Å². The summed E-state index contributed by atoms with van der Waals surface area (Å²) in [5.41, 5.74) is 7.37. The lowest BCUT2D eigenvalue weighted by Gasteiger charge is -2.25. The molecule has 2 rings (SSSR count). The number of hydrogen-bond acceptors (Lipinski definition) is 3. The number of carbonyl (C=O) groups is 2. The Morgan fingerprint density at radius 1 is 0.923 bits per heavy atom. The van der Waals surface area contributed by atoms with Gasteiger partial charge in [-0.3, -0.25) is 9.59 Å². The normalized spacial score (nSPS) is 11.9. The number of anilines is 2. The maximum Gasteiger partial charge on any atom is 0.255 e. The standard InChI is InChI=1S/C19H22ClN3O2.ClH/c1-19(2,3)16(21)18(25)23-15-10-8-14(9-11-15)22-17(24)12-4-6-13(20)7-5-12;/h4-11,16H,21H2,1-3H3,(H,22,24)(H,23,25);1H/t16-;/m1./s1. The summed E-state index contributed by atoms with van der Waals surface area (Å²) in [5, 5.41) is 6.14. The Bertz CT molecular complexity index is 754. The second-order valence-electron chi connectivity index (χ2n) is 6.87. The molecule has 2 aromatic rings. The number of nitrogens with two attached hydrogens (primary N) is 1. The van der Waals surface area contributed by atoms with E-state index in [1.54, 1.807) is 48.5 Å². The van der Waals surface area contributed by atoms with Gasteiger partial charge in [0, 0.05) is 22.0 Å². The monoisotopic (exact) mass is 395 g/mol. The smallest absolute Gasteiger partial charge is 0.255 e. The number of amides is 2. The van der Waals surface area contributed by atoms with Crippen molar-refractivity contribution in [2.45, 2.75) is 26.8 Å². The molecule has 0 aliphatic carbocycles. The van der Waals surface area contributed by atoms with Gasteiger partial charge in [-0.15, -0.1) is 12.4 Å². The van der Waals surface area contributed by atoms with Crippen molar-refractivity contribution in [2.75, 3.05) is 10.6 Å². The summed E-state index contributed by atoms with van der Waals surface area (Å²) in [6, 6.07) is 12.9. The Morgan fingerprint density at radius 2 is 1.38 bits per heavy atom. The third-order valence-corrected chi connectivity index (χ3v) is 3.98. The SMILES string of the molecule is CC(C)(C)[C@H](N)C(=O)Nc1ccc(NC(=O)c2ccc(Cl)cc2)cc1.Cl. The number of rotatable bonds is 4. The van der Waals surface area contributed by atoms with Crippen LogP contribution in [0.3, 0.4) is 0 Å². The third kappa shape index (κ3) is 6.02. The van der Waals surface area contributed by atoms with Gasteiger partial charge in [0.1, 0.15) is 0 Å². The van der Waals surface area contributed by atoms with E-state index in [0.29, 0.717) is 22.0 Å². The first kappa shape index (κ1) is 22.0. The van der Waals surface area contributed by atoms with Crippen LogP contribution in [-0.4, -0.2) is 17.9 Å². The molecule has 26 heavy (non-hydrogen) atoms. The zero-order chi connectivity index (χ0) is 18.6. The van der Waals surface area contributed by atoms with Gasteiger partial charge in [-0.1, -0.05) is 32.4 Å². The van der Waals surface area contributed by atoms with Crippen LogP contribution in [0.15, 0.2) is 48.5 Å². The minimum atomic E-state index is -0.614. The van der Waals surface area contributed by atoms with Crippen molar-refractivity contribution in [3.8, 4) is 0 Å². The number of benzene rings is 2. The summed E-state index contributed by atoms with van der Waals surface area (Å²) >= 11 is 5.81. The van der Waals surface area contributed by atoms with Crippen LogP contribution in [0.5, 0.6) is 0 Å². The Balaban J connectivity index is 0.00000338. The highest BCUT2D eigenvalue weighted by molar-refractivity contribution is 6.30. The summed E-state index contributed by atoms with van der Waals surface area (Å²) in [4.78, 5) is 24.3. The first-order valence-electron chi connectivity index (χ1n) is 7.90. The van der Waals surface area contributed by atoms with Crippen molar-refractivity contribution in [3.63, 3.8) is 0 Å². The van der Waals surface area contributed by atoms with Crippen LogP contribution in [0.25, 0.3) is 0 Å². The Kier molecular flexibility index (Phi) is 7.63. The minimum Gasteiger partial charge on any atom is -0.325 e. The molecule has 0 aliphatic heterocycles. The van der Waals surface area contributed by atoms with E-state index in [4.69, 9.17) is 17.3 Å². The van der Waals surface area contributed by atoms with Gasteiger partial charge >= 0.3 is 0 Å². The maximum atomic E-state index is 12.1. The molecule has 7 heteroatoms. The molecule has 2 amide bonds. The summed E-state index contributed by atoms with van der Waals surface area (Å²) in [6.45, 7) is 5.73. The molecule has 140 valence electrons. The van der Waals surface area contributed by atoms with E-state index in [9.17, 15) is 9.59 Å². The van der Waals surface area contributed by atoms with Crippen molar-refractivity contribution in [1.29, 1.82) is 0 Å². The largest absolute Gasteiger partial charge is 0.325 e. The molecule has 0 aromatic heterocycles. The van der Waals surface area contributed by atoms with E-state index in [-0.39, 0.29) is 29.6 Å². The minimum absolute atomic E-state index is 0. The molecular weight excluding hydrogens is 373 g/mol. The first-order valence-corrected chi connectivity index (χ1v) is 8.28. The highest BCUT2D eigenvalue weighted by atomic mass is 35.5. The summed E-state index contributed by atoms with van der Waals surface area (Å²) in [7, 11) is 0. The van der Waals surface area contributed by atoms with Crippen LogP contribution in [0, 0.1) is 5.41 Å². The predicted molar refractivity (Wildman–Crippen MR) is 109 cm³/mol. The average Bonchev–Trinajstić information content (AvgIpc) is 2.55. The molecular formula is C19H23Cl2N3O2. The predicted octanol–water partition coefficient (Wildman–Crippen LogP) is 4.33. The van der Waals surface area contributed by atoms with Gasteiger partial charge in [0.2, 0.25) is 5.91 Å². The first-order chi connectivity index (χ1) is 11.7. The van der Waals surface area contributed by atoms with Gasteiger partial charge in [0.15, 0.2) is 0 Å². The molecule has 0 radical (unpaired) electrons. The second kappa shape index (κ2) is 9.03. The molecule has 0 heterocycles. The zero-order valence-electron chi connectivity index (χ0n) is 14.9. The van der Waals surface area contributed by atoms with E-state index in [0.717, 1.165) is 0 Å². The Hall–Kier alpha value is -2.08. The lowest BCUT2D eigenvalue weighted by atomic mass is 9.87. The van der Waals surface area contributed by atoms with E-state index in [2.05, 4.69) is 10.6 Å². The van der Waals surface area contributed by atoms with Crippen molar-refractivity contribution >= 4 is 47.2 Å². The van der Waals surface area contributed by atoms with Crippen molar-refractivity contribution in [1.82, 2.24) is 0 Å². The zero-order valence-corrected chi connectivity index (χ0v) is 16.4. The lowest BCUT2D eigenvalue weighted by Crippen LogP contribution is -2.45. The van der Waals surface area contributed by atoms with Gasteiger partial charge in [-0.25, -0.2) is 0 Å². The molecule has 2 aromatic carbocycles. The van der Waals surface area contributed by atoms with Crippen molar-refractivity contribution in [2.24, 2.45) is 11.1 Å². The molecule has 0 bridgehead atoms. The van der Waals surface area contributed by atoms with E-state index in [1.165, 1.54) is 0 Å². The topological polar surface area (TPSA) is 84.2 Å². The lowest BCUT2D eigenvalue weighted by molar-refractivity contribution is -0.119. The van der Waals surface area contributed by atoms with Crippen LogP contribution in [0.4, 0.5) is 11.4 Å². The number of hydrogen-bond donors (Lipinski definition) is 3. The molecule has 0 spiro atoms. The molecule has 0 saturated heterocycles. The Labute approximate surface area is 164 Å². The fourth-order valence-electron chi connectivity index (χ4n) is 2.05. The fourth-order valence-corrected chi connectivity index (χ4v) is 2.18. The summed E-state index contributed by atoms with van der Waals surface area (Å²) < 4.78 is 0. The summed E-state index contributed by atoms with van der Waals surface area (Å²) in [6.07, 6.45) is 0. The third-order valence-electron chi connectivity index (χ3n) is 3.73. The van der Waals surface area contributed by atoms with Crippen molar-refractivity contribution in [3.05, 3.63) is 59.1 Å². The van der Waals surface area contributed by atoms with Crippen LogP contribution in [0.1, 0.15) is 31.1 Å². The molecule has 0 fully saturated rings. The van der Waals surface area contributed by atoms with Gasteiger partial charge in [-0.2, -0.15) is 0 Å². The molecule has 0 unspecified atom stereocenters. The fraction of sp³-hybridized carbons (Fsp3) is 0.263. The van der Waals surface area contributed by atoms with Crippen LogP contribution >= 0.6 is 24.0 Å². The molecule has 5 nitrogen and oxygen atoms in total. The quantitative estimate of drug-likeness (QED) is 0.720. The highest BCUT2D eigenvalue weighted by Gasteiger charge is 2.27. The van der Waals surface area contributed by atoms with Gasteiger partial charge in [0.05, 0.1) is 6.04 Å². The molecule has 4 N–H and O–H groups in total. The number of nitrogens with one attached hydrogen (secondary N) is 2. The van der Waals surface area contributed by atoms with Crippen molar-refractivity contribution < 1.29 is 9.59 Å². The van der Waals surface area contributed by atoms with Gasteiger partial charge in [0.25, 0.3) is 5.91 Å². The van der Waals surface area contributed by atoms with E-state index >= 15 is 0 Å². The summed E-state index contributed by atoms with van der Waals surface area (Å²) in [5.74, 6) is -0.478. The second-order valence-corrected chi connectivity index (χ2v) is 7.31. The highest BCUT2D eigenvalue weighted by Crippen LogP contribution is 2.20. The number of halogens is 2. The van der Waals surface area contributed by atoms with Crippen LogP contribution in [0.2, 0.25) is 5.02 Å². The van der Waals surface area contributed by atoms with Crippen LogP contribution < -0.4 is 16.4 Å².